The van der Waals surface area contributed by atoms with Crippen LogP contribution in [0.15, 0.2) is 42.6 Å². The fraction of sp³-hybridized carbons (Fsp3) is 0.320. The zero-order valence-corrected chi connectivity index (χ0v) is 19.6. The first kappa shape index (κ1) is 23.8. The van der Waals surface area contributed by atoms with Crippen LogP contribution in [-0.2, 0) is 4.74 Å². The van der Waals surface area contributed by atoms with Gasteiger partial charge in [0, 0.05) is 49.4 Å². The molecule has 0 spiro atoms. The second-order valence-electron chi connectivity index (χ2n) is 7.47. The molecule has 3 rings (SSSR count). The van der Waals surface area contributed by atoms with Crippen LogP contribution in [0.2, 0.25) is 0 Å². The molecule has 172 valence electrons. The number of anilines is 1. The van der Waals surface area contributed by atoms with E-state index in [4.69, 9.17) is 19.6 Å². The SMILES string of the molecule is CCC(COC)Oc1cc(C)nc(C(=N)c2ccc(-n3cccc3C#N)cc2OC)c1NC. The van der Waals surface area contributed by atoms with Crippen molar-refractivity contribution in [2.75, 3.05) is 33.2 Å². The smallest absolute Gasteiger partial charge is 0.147 e. The van der Waals surface area contributed by atoms with Crippen LogP contribution in [0, 0.1) is 23.7 Å². The van der Waals surface area contributed by atoms with Crippen molar-refractivity contribution in [1.82, 2.24) is 9.55 Å². The van der Waals surface area contributed by atoms with Gasteiger partial charge in [0.1, 0.15) is 40.7 Å². The van der Waals surface area contributed by atoms with E-state index in [-0.39, 0.29) is 11.8 Å². The fourth-order valence-electron chi connectivity index (χ4n) is 3.62. The maximum absolute atomic E-state index is 9.34. The van der Waals surface area contributed by atoms with Crippen LogP contribution >= 0.6 is 0 Å². The molecular formula is C25H29N5O3. The summed E-state index contributed by atoms with van der Waals surface area (Å²) in [6.07, 6.45) is 2.48. The number of aryl methyl sites for hydroxylation is 1. The van der Waals surface area contributed by atoms with Crippen molar-refractivity contribution in [2.45, 2.75) is 26.4 Å². The van der Waals surface area contributed by atoms with Gasteiger partial charge in [0.05, 0.1) is 19.4 Å². The van der Waals surface area contributed by atoms with Crippen molar-refractivity contribution in [3.05, 3.63) is 65.2 Å². The highest BCUT2D eigenvalue weighted by molar-refractivity contribution is 6.15. The normalized spacial score (nSPS) is 11.5. The molecule has 1 aromatic carbocycles. The van der Waals surface area contributed by atoms with Crippen LogP contribution in [0.1, 0.15) is 36.0 Å². The van der Waals surface area contributed by atoms with E-state index < -0.39 is 0 Å². The molecule has 0 fully saturated rings. The molecule has 0 aliphatic rings. The number of hydrogen-bond donors (Lipinski definition) is 2. The van der Waals surface area contributed by atoms with Crippen LogP contribution < -0.4 is 14.8 Å². The number of pyridine rings is 1. The van der Waals surface area contributed by atoms with Gasteiger partial charge in [-0.2, -0.15) is 5.26 Å². The van der Waals surface area contributed by atoms with Crippen molar-refractivity contribution >= 4 is 11.4 Å². The molecular weight excluding hydrogens is 418 g/mol. The van der Waals surface area contributed by atoms with Gasteiger partial charge < -0.3 is 24.1 Å². The molecule has 2 aromatic heterocycles. The Hall–Kier alpha value is -3.83. The first-order chi connectivity index (χ1) is 16.0. The molecule has 0 radical (unpaired) electrons. The molecule has 1 atom stereocenters. The van der Waals surface area contributed by atoms with Gasteiger partial charge in [0.2, 0.25) is 0 Å². The average Bonchev–Trinajstić information content (AvgIpc) is 3.31. The molecule has 2 N–H and O–H groups in total. The summed E-state index contributed by atoms with van der Waals surface area (Å²) in [6, 6.07) is 13.0. The summed E-state index contributed by atoms with van der Waals surface area (Å²) in [7, 11) is 4.99. The van der Waals surface area contributed by atoms with Gasteiger partial charge in [-0.3, -0.25) is 5.41 Å². The maximum Gasteiger partial charge on any atom is 0.147 e. The van der Waals surface area contributed by atoms with Gasteiger partial charge in [-0.15, -0.1) is 0 Å². The first-order valence-corrected chi connectivity index (χ1v) is 10.7. The van der Waals surface area contributed by atoms with Crippen molar-refractivity contribution in [1.29, 1.82) is 10.7 Å². The van der Waals surface area contributed by atoms with E-state index in [0.717, 1.165) is 17.8 Å². The number of nitrogens with one attached hydrogen (secondary N) is 2. The minimum Gasteiger partial charge on any atom is -0.496 e. The zero-order chi connectivity index (χ0) is 24.0. The number of aromatic nitrogens is 2. The van der Waals surface area contributed by atoms with E-state index >= 15 is 0 Å². The van der Waals surface area contributed by atoms with Gasteiger partial charge in [-0.05, 0) is 37.6 Å². The lowest BCUT2D eigenvalue weighted by Crippen LogP contribution is -2.22. The van der Waals surface area contributed by atoms with Gasteiger partial charge in [-0.25, -0.2) is 4.98 Å². The third-order valence-electron chi connectivity index (χ3n) is 5.30. The van der Waals surface area contributed by atoms with E-state index in [2.05, 4.69) is 16.4 Å². The molecule has 3 aromatic rings. The minimum atomic E-state index is -0.115. The van der Waals surface area contributed by atoms with Crippen molar-refractivity contribution in [3.8, 4) is 23.3 Å². The summed E-state index contributed by atoms with van der Waals surface area (Å²) in [5.74, 6) is 1.13. The van der Waals surface area contributed by atoms with E-state index in [9.17, 15) is 5.26 Å². The van der Waals surface area contributed by atoms with Crippen LogP contribution in [0.25, 0.3) is 5.69 Å². The molecule has 0 amide bonds. The molecule has 0 saturated carbocycles. The highest BCUT2D eigenvalue weighted by atomic mass is 16.5. The predicted molar refractivity (Wildman–Crippen MR) is 128 cm³/mol. The zero-order valence-electron chi connectivity index (χ0n) is 19.6. The van der Waals surface area contributed by atoms with E-state index in [0.29, 0.717) is 40.7 Å². The van der Waals surface area contributed by atoms with Crippen molar-refractivity contribution < 1.29 is 14.2 Å². The second kappa shape index (κ2) is 10.7. The van der Waals surface area contributed by atoms with Crippen molar-refractivity contribution in [2.24, 2.45) is 0 Å². The summed E-state index contributed by atoms with van der Waals surface area (Å²) in [5.41, 5.74) is 3.89. The lowest BCUT2D eigenvalue weighted by molar-refractivity contribution is 0.0791. The summed E-state index contributed by atoms with van der Waals surface area (Å²) in [6.45, 7) is 4.37. The Morgan fingerprint density at radius 1 is 1.24 bits per heavy atom. The van der Waals surface area contributed by atoms with Crippen LogP contribution in [0.5, 0.6) is 11.5 Å². The number of hydrogen-bond acceptors (Lipinski definition) is 7. The number of ether oxygens (including phenoxy) is 3. The lowest BCUT2D eigenvalue weighted by Gasteiger charge is -2.21. The number of methoxy groups -OCH3 is 2. The molecule has 33 heavy (non-hydrogen) atoms. The number of benzene rings is 1. The molecule has 0 aliphatic carbocycles. The van der Waals surface area contributed by atoms with Crippen LogP contribution in [0.3, 0.4) is 0 Å². The molecule has 0 bridgehead atoms. The Kier molecular flexibility index (Phi) is 7.70. The summed E-state index contributed by atoms with van der Waals surface area (Å²) in [4.78, 5) is 4.63. The minimum absolute atomic E-state index is 0.115. The lowest BCUT2D eigenvalue weighted by atomic mass is 10.0. The highest BCUT2D eigenvalue weighted by Crippen LogP contribution is 2.33. The standard InChI is InChI=1S/C25H29N5O3/c1-6-19(15-31-4)33-22-12-16(2)29-25(24(22)28-3)23(27)20-10-9-17(13-21(20)32-5)30-11-7-8-18(30)14-26/h7-13,19,27-28H,6,15H2,1-5H3. The van der Waals surface area contributed by atoms with E-state index in [1.807, 2.05) is 44.3 Å². The van der Waals surface area contributed by atoms with Gasteiger partial charge in [0.25, 0.3) is 0 Å². The molecule has 1 unspecified atom stereocenters. The van der Waals surface area contributed by atoms with Gasteiger partial charge in [-0.1, -0.05) is 6.92 Å². The molecule has 8 heteroatoms. The Balaban J connectivity index is 2.05. The Morgan fingerprint density at radius 2 is 2.03 bits per heavy atom. The monoisotopic (exact) mass is 447 g/mol. The molecule has 2 heterocycles. The van der Waals surface area contributed by atoms with Gasteiger partial charge >= 0.3 is 0 Å². The Bertz CT molecular complexity index is 1180. The topological polar surface area (TPSA) is 105 Å². The van der Waals surface area contributed by atoms with E-state index in [1.165, 1.54) is 0 Å². The molecule has 0 aliphatic heterocycles. The molecule has 0 saturated heterocycles. The summed E-state index contributed by atoms with van der Waals surface area (Å²) < 4.78 is 18.8. The first-order valence-electron chi connectivity index (χ1n) is 10.7. The third kappa shape index (κ3) is 4.99. The number of nitriles is 1. The predicted octanol–water partition coefficient (Wildman–Crippen LogP) is 4.32. The second-order valence-corrected chi connectivity index (χ2v) is 7.47. The Labute approximate surface area is 194 Å². The fourth-order valence-corrected chi connectivity index (χ4v) is 3.62. The van der Waals surface area contributed by atoms with E-state index in [1.54, 1.807) is 38.0 Å². The largest absolute Gasteiger partial charge is 0.496 e. The summed E-state index contributed by atoms with van der Waals surface area (Å²) >= 11 is 0. The maximum atomic E-state index is 9.34. The average molecular weight is 448 g/mol. The molecule has 8 nitrogen and oxygen atoms in total. The van der Waals surface area contributed by atoms with Gasteiger partial charge in [0.15, 0.2) is 0 Å². The third-order valence-corrected chi connectivity index (χ3v) is 5.30. The summed E-state index contributed by atoms with van der Waals surface area (Å²) in [5, 5.41) is 21.5. The number of nitrogens with zero attached hydrogens (tertiary/aromatic N) is 3. The number of rotatable bonds is 10. The highest BCUT2D eigenvalue weighted by Gasteiger charge is 2.22. The van der Waals surface area contributed by atoms with Crippen LogP contribution in [0.4, 0.5) is 5.69 Å². The van der Waals surface area contributed by atoms with Crippen molar-refractivity contribution in [3.63, 3.8) is 0 Å². The van der Waals surface area contributed by atoms with Crippen LogP contribution in [-0.4, -0.2) is 49.2 Å². The quantitative estimate of drug-likeness (QED) is 0.449. The Morgan fingerprint density at radius 3 is 2.67 bits per heavy atom.